The number of rotatable bonds is 6. The number of piperazine rings is 1. The molecular formula is C18H23N5O2. The van der Waals surface area contributed by atoms with E-state index < -0.39 is 0 Å². The summed E-state index contributed by atoms with van der Waals surface area (Å²) in [4.78, 5) is 24.6. The molecule has 0 spiro atoms. The molecule has 7 nitrogen and oxygen atoms in total. The number of carbonyl (C=O) groups is 1. The molecule has 25 heavy (non-hydrogen) atoms. The molecule has 1 aliphatic heterocycles. The largest absolute Gasteiger partial charge is 0.494 e. The molecule has 0 radical (unpaired) electrons. The van der Waals surface area contributed by atoms with Crippen LogP contribution in [0.2, 0.25) is 0 Å². The average Bonchev–Trinajstić information content (AvgIpc) is 2.69. The maximum absolute atomic E-state index is 12.2. The minimum atomic E-state index is -0.0201. The Labute approximate surface area is 147 Å². The summed E-state index contributed by atoms with van der Waals surface area (Å²) in [5.74, 6) is 1.58. The molecule has 0 bridgehead atoms. The lowest BCUT2D eigenvalue weighted by atomic mass is 10.3. The standard InChI is InChI=1S/C18H23N5O2/c24-18(21-10-5-15-25-16-6-2-1-3-7-16)23-13-11-22(12-14-23)17-19-8-4-9-20-17/h1-4,6-9H,5,10-15H2,(H,21,24). The molecule has 0 aliphatic carbocycles. The van der Waals surface area contributed by atoms with Crippen molar-refractivity contribution in [3.05, 3.63) is 48.8 Å². The van der Waals surface area contributed by atoms with Crippen LogP contribution in [0.25, 0.3) is 0 Å². The van der Waals surface area contributed by atoms with Gasteiger partial charge in [0, 0.05) is 45.1 Å². The second-order valence-corrected chi connectivity index (χ2v) is 5.77. The number of hydrogen-bond acceptors (Lipinski definition) is 5. The number of urea groups is 1. The smallest absolute Gasteiger partial charge is 0.317 e. The summed E-state index contributed by atoms with van der Waals surface area (Å²) >= 11 is 0. The molecule has 0 saturated carbocycles. The van der Waals surface area contributed by atoms with Gasteiger partial charge in [0.05, 0.1) is 6.61 Å². The lowest BCUT2D eigenvalue weighted by Gasteiger charge is -2.34. The van der Waals surface area contributed by atoms with Crippen LogP contribution in [-0.4, -0.2) is 60.2 Å². The van der Waals surface area contributed by atoms with Gasteiger partial charge in [0.25, 0.3) is 0 Å². The molecule has 0 atom stereocenters. The Kier molecular flexibility index (Phi) is 6.03. The summed E-state index contributed by atoms with van der Waals surface area (Å²) in [7, 11) is 0. The highest BCUT2D eigenvalue weighted by Crippen LogP contribution is 2.10. The van der Waals surface area contributed by atoms with E-state index in [1.807, 2.05) is 35.2 Å². The Balaban J connectivity index is 1.31. The third kappa shape index (κ3) is 5.07. The van der Waals surface area contributed by atoms with E-state index in [0.717, 1.165) is 31.2 Å². The van der Waals surface area contributed by atoms with Crippen LogP contribution < -0.4 is 15.0 Å². The van der Waals surface area contributed by atoms with Crippen LogP contribution in [0, 0.1) is 0 Å². The SMILES string of the molecule is O=C(NCCCOc1ccccc1)N1CCN(c2ncccn2)CC1. The monoisotopic (exact) mass is 341 g/mol. The number of nitrogens with zero attached hydrogens (tertiary/aromatic N) is 4. The molecule has 7 heteroatoms. The van der Waals surface area contributed by atoms with Gasteiger partial charge >= 0.3 is 6.03 Å². The Bertz CT molecular complexity index is 645. The van der Waals surface area contributed by atoms with E-state index in [-0.39, 0.29) is 6.03 Å². The molecule has 1 aliphatic rings. The fourth-order valence-corrected chi connectivity index (χ4v) is 2.65. The van der Waals surface area contributed by atoms with E-state index in [1.165, 1.54) is 0 Å². The van der Waals surface area contributed by atoms with E-state index in [9.17, 15) is 4.79 Å². The van der Waals surface area contributed by atoms with E-state index in [0.29, 0.717) is 26.2 Å². The van der Waals surface area contributed by atoms with E-state index >= 15 is 0 Å². The van der Waals surface area contributed by atoms with Crippen LogP contribution >= 0.6 is 0 Å². The van der Waals surface area contributed by atoms with Crippen LogP contribution in [0.4, 0.5) is 10.7 Å². The molecule has 132 valence electrons. The van der Waals surface area contributed by atoms with Crippen LogP contribution in [-0.2, 0) is 0 Å². The molecular weight excluding hydrogens is 318 g/mol. The second-order valence-electron chi connectivity index (χ2n) is 5.77. The molecule has 0 unspecified atom stereocenters. The first-order valence-electron chi connectivity index (χ1n) is 8.55. The summed E-state index contributed by atoms with van der Waals surface area (Å²) in [5, 5.41) is 2.95. The van der Waals surface area contributed by atoms with Crippen molar-refractivity contribution >= 4 is 12.0 Å². The Morgan fingerprint density at radius 1 is 1.04 bits per heavy atom. The van der Waals surface area contributed by atoms with Gasteiger partial charge in [0.1, 0.15) is 5.75 Å². The zero-order valence-corrected chi connectivity index (χ0v) is 14.2. The number of ether oxygens (including phenoxy) is 1. The fraction of sp³-hybridized carbons (Fsp3) is 0.389. The van der Waals surface area contributed by atoms with E-state index in [2.05, 4.69) is 20.2 Å². The van der Waals surface area contributed by atoms with Gasteiger partial charge in [-0.25, -0.2) is 14.8 Å². The van der Waals surface area contributed by atoms with Gasteiger partial charge in [0.15, 0.2) is 0 Å². The van der Waals surface area contributed by atoms with Crippen molar-refractivity contribution in [1.82, 2.24) is 20.2 Å². The van der Waals surface area contributed by atoms with Crippen molar-refractivity contribution in [2.75, 3.05) is 44.2 Å². The zero-order chi connectivity index (χ0) is 17.3. The number of benzene rings is 1. The molecule has 2 heterocycles. The number of hydrogen-bond donors (Lipinski definition) is 1. The summed E-state index contributed by atoms with van der Waals surface area (Å²) in [6.45, 7) is 4.02. The first kappa shape index (κ1) is 17.0. The summed E-state index contributed by atoms with van der Waals surface area (Å²) in [6.07, 6.45) is 4.25. The van der Waals surface area contributed by atoms with Gasteiger partial charge in [-0.3, -0.25) is 0 Å². The normalized spacial score (nSPS) is 14.2. The molecule has 2 amide bonds. The van der Waals surface area contributed by atoms with Gasteiger partial charge in [0.2, 0.25) is 5.95 Å². The number of para-hydroxylation sites is 1. The van der Waals surface area contributed by atoms with Gasteiger partial charge in [-0.2, -0.15) is 0 Å². The maximum atomic E-state index is 12.2. The molecule has 1 saturated heterocycles. The van der Waals surface area contributed by atoms with Crippen molar-refractivity contribution in [3.63, 3.8) is 0 Å². The lowest BCUT2D eigenvalue weighted by molar-refractivity contribution is 0.193. The predicted octanol–water partition coefficient (Wildman–Crippen LogP) is 1.78. The third-order valence-electron chi connectivity index (χ3n) is 4.01. The van der Waals surface area contributed by atoms with Gasteiger partial charge in [-0.15, -0.1) is 0 Å². The quantitative estimate of drug-likeness (QED) is 0.811. The summed E-state index contributed by atoms with van der Waals surface area (Å²) in [5.41, 5.74) is 0. The van der Waals surface area contributed by atoms with Crippen molar-refractivity contribution < 1.29 is 9.53 Å². The first-order chi connectivity index (χ1) is 12.3. The molecule has 2 aromatic rings. The molecule has 1 aromatic carbocycles. The Hall–Kier alpha value is -2.83. The fourth-order valence-electron chi connectivity index (χ4n) is 2.65. The minimum Gasteiger partial charge on any atom is -0.494 e. The Morgan fingerprint density at radius 2 is 1.76 bits per heavy atom. The number of anilines is 1. The van der Waals surface area contributed by atoms with Gasteiger partial charge < -0.3 is 19.9 Å². The number of carbonyl (C=O) groups excluding carboxylic acids is 1. The number of aromatic nitrogens is 2. The lowest BCUT2D eigenvalue weighted by Crippen LogP contribution is -2.52. The van der Waals surface area contributed by atoms with Crippen LogP contribution in [0.15, 0.2) is 48.8 Å². The van der Waals surface area contributed by atoms with Crippen molar-refractivity contribution in [3.8, 4) is 5.75 Å². The maximum Gasteiger partial charge on any atom is 0.317 e. The molecule has 1 N–H and O–H groups in total. The minimum absolute atomic E-state index is 0.0201. The summed E-state index contributed by atoms with van der Waals surface area (Å²) in [6, 6.07) is 11.5. The number of nitrogens with one attached hydrogen (secondary N) is 1. The summed E-state index contributed by atoms with van der Waals surface area (Å²) < 4.78 is 5.61. The average molecular weight is 341 g/mol. The van der Waals surface area contributed by atoms with Crippen LogP contribution in [0.5, 0.6) is 5.75 Å². The molecule has 1 aromatic heterocycles. The van der Waals surface area contributed by atoms with Gasteiger partial charge in [-0.1, -0.05) is 18.2 Å². The highest BCUT2D eigenvalue weighted by molar-refractivity contribution is 5.74. The van der Waals surface area contributed by atoms with Crippen molar-refractivity contribution in [1.29, 1.82) is 0 Å². The Morgan fingerprint density at radius 3 is 2.48 bits per heavy atom. The third-order valence-corrected chi connectivity index (χ3v) is 4.01. The second kappa shape index (κ2) is 8.86. The zero-order valence-electron chi connectivity index (χ0n) is 14.2. The molecule has 1 fully saturated rings. The van der Waals surface area contributed by atoms with Crippen molar-refractivity contribution in [2.24, 2.45) is 0 Å². The van der Waals surface area contributed by atoms with Crippen LogP contribution in [0.3, 0.4) is 0 Å². The number of amides is 2. The molecule has 3 rings (SSSR count). The van der Waals surface area contributed by atoms with E-state index in [1.54, 1.807) is 18.5 Å². The van der Waals surface area contributed by atoms with E-state index in [4.69, 9.17) is 4.74 Å². The van der Waals surface area contributed by atoms with Crippen molar-refractivity contribution in [2.45, 2.75) is 6.42 Å². The highest BCUT2D eigenvalue weighted by atomic mass is 16.5. The first-order valence-corrected chi connectivity index (χ1v) is 8.55. The topological polar surface area (TPSA) is 70.6 Å². The van der Waals surface area contributed by atoms with Gasteiger partial charge in [-0.05, 0) is 24.6 Å². The van der Waals surface area contributed by atoms with Crippen LogP contribution in [0.1, 0.15) is 6.42 Å². The highest BCUT2D eigenvalue weighted by Gasteiger charge is 2.21. The predicted molar refractivity (Wildman–Crippen MR) is 95.8 cm³/mol.